The van der Waals surface area contributed by atoms with Gasteiger partial charge in [-0.2, -0.15) is 13.2 Å². The van der Waals surface area contributed by atoms with E-state index in [0.29, 0.717) is 26.1 Å². The summed E-state index contributed by atoms with van der Waals surface area (Å²) in [5, 5.41) is 8.51. The number of amides is 1. The van der Waals surface area contributed by atoms with E-state index in [1.54, 1.807) is 23.5 Å². The third kappa shape index (κ3) is 7.27. The average molecular weight is 626 g/mol. The first-order valence-electron chi connectivity index (χ1n) is 15.2. The van der Waals surface area contributed by atoms with Crippen LogP contribution in [0, 0.1) is 17.8 Å². The Labute approximate surface area is 263 Å². The molecule has 44 heavy (non-hydrogen) atoms. The standard InChI is InChI=1S/C33H41F3N4OS.CHN/c1-21(2)29-20-39(15-16-40(29)30(41)18-25-8-7-17-42-25)32-27(28-9-6-14-38(28)5)19-26(31(37-32)22(3)4)23-10-12-24(13-11-23)33(34,35)36;1-2/h7-8,10-13,17,19,21-22,28-29H,6,9,14-16,18,20H2,1-5H3;1H/t28-,29?;/m1./s1. The van der Waals surface area contributed by atoms with Crippen LogP contribution in [-0.4, -0.2) is 60.0 Å². The van der Waals surface area contributed by atoms with Crippen molar-refractivity contribution < 1.29 is 18.0 Å². The molecule has 0 spiro atoms. The number of alkyl halides is 3. The number of piperazine rings is 1. The van der Waals surface area contributed by atoms with Gasteiger partial charge in [-0.05, 0) is 73.5 Å². The van der Waals surface area contributed by atoms with Gasteiger partial charge in [0.15, 0.2) is 0 Å². The van der Waals surface area contributed by atoms with Crippen molar-refractivity contribution in [2.45, 2.75) is 71.1 Å². The number of pyridine rings is 1. The Morgan fingerprint density at radius 3 is 2.34 bits per heavy atom. The van der Waals surface area contributed by atoms with Gasteiger partial charge in [0.25, 0.3) is 0 Å². The van der Waals surface area contributed by atoms with Crippen LogP contribution in [0.1, 0.15) is 74.2 Å². The molecule has 10 heteroatoms. The SMILES string of the molecule is C#N.CC(C)c1nc(N2CCN(C(=O)Cc3cccs3)C(C(C)C)C2)c([C@H]2CCCN2C)cc1-c1ccc(C(F)(F)F)cc1. The van der Waals surface area contributed by atoms with E-state index < -0.39 is 11.7 Å². The maximum absolute atomic E-state index is 13.4. The molecule has 0 bridgehead atoms. The van der Waals surface area contributed by atoms with E-state index >= 15 is 0 Å². The molecular weight excluding hydrogens is 583 g/mol. The molecule has 0 N–H and O–H groups in total. The molecule has 1 amide bonds. The van der Waals surface area contributed by atoms with E-state index in [0.717, 1.165) is 64.6 Å². The summed E-state index contributed by atoms with van der Waals surface area (Å²) in [6, 6.07) is 11.9. The summed E-state index contributed by atoms with van der Waals surface area (Å²) in [4.78, 5) is 26.6. The van der Waals surface area contributed by atoms with Crippen molar-refractivity contribution in [2.24, 2.45) is 5.92 Å². The number of nitrogens with zero attached hydrogens (tertiary/aromatic N) is 5. The highest BCUT2D eigenvalue weighted by atomic mass is 32.1. The highest BCUT2D eigenvalue weighted by molar-refractivity contribution is 7.10. The van der Waals surface area contributed by atoms with Gasteiger partial charge in [-0.15, -0.1) is 11.3 Å². The number of rotatable bonds is 7. The number of hydrogen-bond donors (Lipinski definition) is 0. The number of halogens is 3. The van der Waals surface area contributed by atoms with Crippen LogP contribution in [0.3, 0.4) is 0 Å². The Morgan fingerprint density at radius 1 is 1.09 bits per heavy atom. The van der Waals surface area contributed by atoms with Crippen molar-refractivity contribution in [1.29, 1.82) is 5.26 Å². The minimum absolute atomic E-state index is 0.0549. The fourth-order valence-corrected chi connectivity index (χ4v) is 7.09. The van der Waals surface area contributed by atoms with Gasteiger partial charge in [0, 0.05) is 48.3 Å². The molecule has 236 valence electrons. The first kappa shape index (κ1) is 33.5. The van der Waals surface area contributed by atoms with E-state index in [1.807, 2.05) is 17.5 Å². The number of carbonyl (C=O) groups is 1. The normalized spacial score (nSPS) is 19.4. The molecule has 0 saturated carbocycles. The van der Waals surface area contributed by atoms with Gasteiger partial charge in [-0.1, -0.05) is 45.9 Å². The van der Waals surface area contributed by atoms with Gasteiger partial charge >= 0.3 is 6.18 Å². The molecular formula is C34H42F3N5OS. The van der Waals surface area contributed by atoms with Crippen molar-refractivity contribution >= 4 is 23.1 Å². The smallest absolute Gasteiger partial charge is 0.352 e. The van der Waals surface area contributed by atoms with Crippen molar-refractivity contribution in [1.82, 2.24) is 14.8 Å². The summed E-state index contributed by atoms with van der Waals surface area (Å²) < 4.78 is 39.9. The van der Waals surface area contributed by atoms with E-state index in [9.17, 15) is 18.0 Å². The molecule has 1 aromatic carbocycles. The number of nitriles is 1. The molecule has 2 saturated heterocycles. The monoisotopic (exact) mass is 625 g/mol. The van der Waals surface area contributed by atoms with E-state index in [2.05, 4.69) is 62.1 Å². The Morgan fingerprint density at radius 2 is 1.80 bits per heavy atom. The lowest BCUT2D eigenvalue weighted by Gasteiger charge is -2.45. The Balaban J connectivity index is 0.00000216. The summed E-state index contributed by atoms with van der Waals surface area (Å²) in [6.45, 7) is 15.0. The number of thiophene rings is 1. The van der Waals surface area contributed by atoms with Crippen LogP contribution in [0.2, 0.25) is 0 Å². The first-order valence-corrected chi connectivity index (χ1v) is 16.1. The van der Waals surface area contributed by atoms with Crippen LogP contribution < -0.4 is 4.90 Å². The van der Waals surface area contributed by atoms with E-state index in [-0.39, 0.29) is 29.8 Å². The molecule has 4 heterocycles. The molecule has 2 fully saturated rings. The van der Waals surface area contributed by atoms with Gasteiger partial charge < -0.3 is 9.80 Å². The average Bonchev–Trinajstić information content (AvgIpc) is 3.68. The van der Waals surface area contributed by atoms with Crippen LogP contribution in [0.15, 0.2) is 47.8 Å². The van der Waals surface area contributed by atoms with E-state index in [1.165, 1.54) is 0 Å². The zero-order valence-electron chi connectivity index (χ0n) is 26.1. The van der Waals surface area contributed by atoms with Crippen molar-refractivity contribution in [3.05, 3.63) is 69.5 Å². The number of anilines is 1. The topological polar surface area (TPSA) is 63.5 Å². The minimum Gasteiger partial charge on any atom is -0.352 e. The number of aromatic nitrogens is 1. The number of hydrogen-bond acceptors (Lipinski definition) is 6. The maximum atomic E-state index is 13.4. The lowest BCUT2D eigenvalue weighted by atomic mass is 9.92. The summed E-state index contributed by atoms with van der Waals surface area (Å²) in [6.07, 6.45) is -1.86. The molecule has 2 aromatic heterocycles. The van der Waals surface area contributed by atoms with Crippen LogP contribution >= 0.6 is 11.3 Å². The number of likely N-dealkylation sites (tertiary alicyclic amines) is 1. The molecule has 5 rings (SSSR count). The molecule has 2 aliphatic heterocycles. The van der Waals surface area contributed by atoms with Crippen LogP contribution in [0.4, 0.5) is 19.0 Å². The second-order valence-electron chi connectivity index (χ2n) is 12.3. The van der Waals surface area contributed by atoms with E-state index in [4.69, 9.17) is 10.2 Å². The third-order valence-corrected chi connectivity index (χ3v) is 9.60. The zero-order chi connectivity index (χ0) is 32.2. The molecule has 2 atom stereocenters. The first-order chi connectivity index (χ1) is 20.9. The molecule has 6 nitrogen and oxygen atoms in total. The van der Waals surface area contributed by atoms with Crippen molar-refractivity contribution in [2.75, 3.05) is 38.1 Å². The van der Waals surface area contributed by atoms with Gasteiger partial charge in [0.2, 0.25) is 5.91 Å². The summed E-state index contributed by atoms with van der Waals surface area (Å²) >= 11 is 1.62. The van der Waals surface area contributed by atoms with Gasteiger partial charge in [-0.25, -0.2) is 10.2 Å². The highest BCUT2D eigenvalue weighted by Gasteiger charge is 2.36. The summed E-state index contributed by atoms with van der Waals surface area (Å²) in [5.74, 6) is 1.46. The minimum atomic E-state index is -4.38. The van der Waals surface area contributed by atoms with Gasteiger partial charge in [-0.3, -0.25) is 9.69 Å². The Kier molecular flexibility index (Phi) is 10.7. The molecule has 0 aliphatic carbocycles. The van der Waals surface area contributed by atoms with Gasteiger partial charge in [0.1, 0.15) is 5.82 Å². The Bertz CT molecular complexity index is 1420. The van der Waals surface area contributed by atoms with Gasteiger partial charge in [0.05, 0.1) is 23.7 Å². The highest BCUT2D eigenvalue weighted by Crippen LogP contribution is 2.42. The van der Waals surface area contributed by atoms with Crippen LogP contribution in [0.5, 0.6) is 0 Å². The largest absolute Gasteiger partial charge is 0.416 e. The van der Waals surface area contributed by atoms with Crippen LogP contribution in [0.25, 0.3) is 11.1 Å². The lowest BCUT2D eigenvalue weighted by Crippen LogP contribution is -2.58. The molecule has 3 aromatic rings. The van der Waals surface area contributed by atoms with Crippen LogP contribution in [-0.2, 0) is 17.4 Å². The van der Waals surface area contributed by atoms with Crippen molar-refractivity contribution in [3.8, 4) is 17.7 Å². The Hall–Kier alpha value is -3.42. The maximum Gasteiger partial charge on any atom is 0.416 e. The predicted octanol–water partition coefficient (Wildman–Crippen LogP) is 7.77. The second-order valence-corrected chi connectivity index (χ2v) is 13.3. The van der Waals surface area contributed by atoms with Crippen molar-refractivity contribution in [3.63, 3.8) is 0 Å². The lowest BCUT2D eigenvalue weighted by molar-refractivity contribution is -0.137. The fraction of sp³-hybridized carbons (Fsp3) is 0.500. The summed E-state index contributed by atoms with van der Waals surface area (Å²) in [5.41, 5.74) is 2.99. The third-order valence-electron chi connectivity index (χ3n) is 8.72. The predicted molar refractivity (Wildman–Crippen MR) is 171 cm³/mol. The molecule has 2 aliphatic rings. The zero-order valence-corrected chi connectivity index (χ0v) is 27.0. The molecule has 0 radical (unpaired) electrons. The summed E-state index contributed by atoms with van der Waals surface area (Å²) in [7, 11) is 2.13. The number of benzene rings is 1. The molecule has 1 unspecified atom stereocenters. The second kappa shape index (κ2) is 14.1. The number of carbonyl (C=O) groups excluding carboxylic acids is 1. The quantitative estimate of drug-likeness (QED) is 0.268. The fourth-order valence-electron chi connectivity index (χ4n) is 6.39.